The van der Waals surface area contributed by atoms with Crippen LogP contribution < -0.4 is 14.9 Å². The third-order valence-corrected chi connectivity index (χ3v) is 4.40. The van der Waals surface area contributed by atoms with E-state index in [1.807, 2.05) is 74.5 Å². The SMILES string of the molecule is CCOc1ccc(/C=N/NC(=O)/C=C/c2ccc(-c3ccccc3)cc2)cc1OCC. The van der Waals surface area contributed by atoms with Gasteiger partial charge in [0, 0.05) is 6.08 Å². The zero-order chi connectivity index (χ0) is 21.9. The number of rotatable bonds is 9. The smallest absolute Gasteiger partial charge is 0.264 e. The highest BCUT2D eigenvalue weighted by Gasteiger charge is 2.05. The van der Waals surface area contributed by atoms with Crippen molar-refractivity contribution >= 4 is 18.2 Å². The minimum absolute atomic E-state index is 0.306. The second kappa shape index (κ2) is 11.4. The van der Waals surface area contributed by atoms with E-state index in [4.69, 9.17) is 9.47 Å². The number of carbonyl (C=O) groups excluding carboxylic acids is 1. The summed E-state index contributed by atoms with van der Waals surface area (Å²) < 4.78 is 11.1. The topological polar surface area (TPSA) is 59.9 Å². The van der Waals surface area contributed by atoms with Crippen LogP contribution in [0.1, 0.15) is 25.0 Å². The minimum atomic E-state index is -0.306. The molecule has 0 saturated heterocycles. The van der Waals surface area contributed by atoms with Crippen molar-refractivity contribution in [3.63, 3.8) is 0 Å². The number of hydrazone groups is 1. The summed E-state index contributed by atoms with van der Waals surface area (Å²) in [5, 5.41) is 4.01. The Hall–Kier alpha value is -3.86. The summed E-state index contributed by atoms with van der Waals surface area (Å²) in [7, 11) is 0. The summed E-state index contributed by atoms with van der Waals surface area (Å²) in [5.41, 5.74) is 6.53. The van der Waals surface area contributed by atoms with E-state index < -0.39 is 0 Å². The summed E-state index contributed by atoms with van der Waals surface area (Å²) in [4.78, 5) is 12.0. The van der Waals surface area contributed by atoms with Gasteiger partial charge in [-0.05, 0) is 60.4 Å². The van der Waals surface area contributed by atoms with Crippen molar-refractivity contribution < 1.29 is 14.3 Å². The maximum absolute atomic E-state index is 12.0. The Bertz CT molecular complexity index is 1040. The van der Waals surface area contributed by atoms with Crippen molar-refractivity contribution in [3.05, 3.63) is 90.0 Å². The van der Waals surface area contributed by atoms with Gasteiger partial charge in [-0.1, -0.05) is 54.6 Å². The van der Waals surface area contributed by atoms with E-state index in [0.29, 0.717) is 24.7 Å². The molecule has 0 atom stereocenters. The molecule has 0 aromatic heterocycles. The molecule has 31 heavy (non-hydrogen) atoms. The van der Waals surface area contributed by atoms with Crippen LogP contribution in [0.4, 0.5) is 0 Å². The molecule has 0 fully saturated rings. The lowest BCUT2D eigenvalue weighted by molar-refractivity contribution is -0.116. The van der Waals surface area contributed by atoms with E-state index in [9.17, 15) is 4.79 Å². The minimum Gasteiger partial charge on any atom is -0.490 e. The standard InChI is InChI=1S/C26H26N2O3/c1-3-30-24-16-12-21(18-25(24)31-4-2)19-27-28-26(29)17-13-20-10-14-23(15-11-20)22-8-6-5-7-9-22/h5-19H,3-4H2,1-2H3,(H,28,29)/b17-13+,27-19+. The largest absolute Gasteiger partial charge is 0.490 e. The second-order valence-corrected chi connectivity index (χ2v) is 6.63. The molecule has 1 N–H and O–H groups in total. The van der Waals surface area contributed by atoms with Crippen LogP contribution in [-0.2, 0) is 4.79 Å². The van der Waals surface area contributed by atoms with Gasteiger partial charge in [-0.3, -0.25) is 4.79 Å². The van der Waals surface area contributed by atoms with Gasteiger partial charge in [-0.25, -0.2) is 5.43 Å². The third kappa shape index (κ3) is 6.57. The van der Waals surface area contributed by atoms with E-state index >= 15 is 0 Å². The van der Waals surface area contributed by atoms with Crippen LogP contribution in [-0.4, -0.2) is 25.3 Å². The van der Waals surface area contributed by atoms with E-state index in [0.717, 1.165) is 22.3 Å². The normalized spacial score (nSPS) is 11.0. The maximum Gasteiger partial charge on any atom is 0.264 e. The lowest BCUT2D eigenvalue weighted by Crippen LogP contribution is -2.14. The van der Waals surface area contributed by atoms with Gasteiger partial charge < -0.3 is 9.47 Å². The Kier molecular flexibility index (Phi) is 8.00. The van der Waals surface area contributed by atoms with Gasteiger partial charge >= 0.3 is 0 Å². The van der Waals surface area contributed by atoms with Crippen molar-refractivity contribution in [1.82, 2.24) is 5.43 Å². The van der Waals surface area contributed by atoms with E-state index in [1.165, 1.54) is 6.08 Å². The van der Waals surface area contributed by atoms with Crippen LogP contribution in [0.2, 0.25) is 0 Å². The summed E-state index contributed by atoms with van der Waals surface area (Å²) in [5.74, 6) is 1.03. The molecule has 3 aromatic rings. The molecule has 0 radical (unpaired) electrons. The first-order valence-electron chi connectivity index (χ1n) is 10.3. The molecule has 0 unspecified atom stereocenters. The fourth-order valence-electron chi connectivity index (χ4n) is 2.94. The second-order valence-electron chi connectivity index (χ2n) is 6.63. The van der Waals surface area contributed by atoms with E-state index in [-0.39, 0.29) is 5.91 Å². The van der Waals surface area contributed by atoms with E-state index in [2.05, 4.69) is 22.7 Å². The average Bonchev–Trinajstić information content (AvgIpc) is 2.80. The fourth-order valence-corrected chi connectivity index (χ4v) is 2.94. The van der Waals surface area contributed by atoms with Crippen LogP contribution >= 0.6 is 0 Å². The number of carbonyl (C=O) groups is 1. The van der Waals surface area contributed by atoms with E-state index in [1.54, 1.807) is 12.3 Å². The summed E-state index contributed by atoms with van der Waals surface area (Å²) in [6.45, 7) is 4.93. The van der Waals surface area contributed by atoms with Crippen LogP contribution in [0.5, 0.6) is 11.5 Å². The Labute approximate surface area is 183 Å². The molecule has 0 aliphatic rings. The number of benzene rings is 3. The van der Waals surface area contributed by atoms with Gasteiger partial charge in [0.2, 0.25) is 0 Å². The molecule has 0 saturated carbocycles. The van der Waals surface area contributed by atoms with Crippen LogP contribution in [0.3, 0.4) is 0 Å². The number of hydrogen-bond acceptors (Lipinski definition) is 4. The van der Waals surface area contributed by atoms with Crippen molar-refractivity contribution in [1.29, 1.82) is 0 Å². The molecule has 0 heterocycles. The highest BCUT2D eigenvalue weighted by atomic mass is 16.5. The first-order chi connectivity index (χ1) is 15.2. The van der Waals surface area contributed by atoms with Gasteiger partial charge in [-0.15, -0.1) is 0 Å². The number of ether oxygens (including phenoxy) is 2. The Balaban J connectivity index is 1.56. The maximum atomic E-state index is 12.0. The number of amides is 1. The van der Waals surface area contributed by atoms with Crippen LogP contribution in [0, 0.1) is 0 Å². The first-order valence-corrected chi connectivity index (χ1v) is 10.3. The predicted octanol–water partition coefficient (Wildman–Crippen LogP) is 5.31. The third-order valence-electron chi connectivity index (χ3n) is 4.40. The molecular formula is C26H26N2O3. The van der Waals surface area contributed by atoms with Crippen LogP contribution in [0.15, 0.2) is 84.0 Å². The lowest BCUT2D eigenvalue weighted by Gasteiger charge is -2.11. The quantitative estimate of drug-likeness (QED) is 0.293. The van der Waals surface area contributed by atoms with Crippen molar-refractivity contribution in [3.8, 4) is 22.6 Å². The molecule has 158 valence electrons. The monoisotopic (exact) mass is 414 g/mol. The summed E-state index contributed by atoms with van der Waals surface area (Å²) >= 11 is 0. The number of hydrogen-bond donors (Lipinski definition) is 1. The summed E-state index contributed by atoms with van der Waals surface area (Å²) in [6, 6.07) is 23.7. The van der Waals surface area contributed by atoms with Crippen molar-refractivity contribution in [2.75, 3.05) is 13.2 Å². The number of nitrogens with one attached hydrogen (secondary N) is 1. The summed E-state index contributed by atoms with van der Waals surface area (Å²) in [6.07, 6.45) is 4.78. The molecule has 5 nitrogen and oxygen atoms in total. The molecule has 3 rings (SSSR count). The Morgan fingerprint density at radius 3 is 2.19 bits per heavy atom. The predicted molar refractivity (Wildman–Crippen MR) is 125 cm³/mol. The van der Waals surface area contributed by atoms with Gasteiger partial charge in [0.15, 0.2) is 11.5 Å². The van der Waals surface area contributed by atoms with Crippen LogP contribution in [0.25, 0.3) is 17.2 Å². The highest BCUT2D eigenvalue weighted by Crippen LogP contribution is 2.28. The zero-order valence-electron chi connectivity index (χ0n) is 17.7. The fraction of sp³-hybridized carbons (Fsp3) is 0.154. The first kappa shape index (κ1) is 21.8. The molecule has 5 heteroatoms. The molecule has 0 aliphatic heterocycles. The zero-order valence-corrected chi connectivity index (χ0v) is 17.7. The van der Waals surface area contributed by atoms with Gasteiger partial charge in [0.25, 0.3) is 5.91 Å². The molecule has 0 spiro atoms. The number of nitrogens with zero attached hydrogens (tertiary/aromatic N) is 1. The van der Waals surface area contributed by atoms with Crippen molar-refractivity contribution in [2.45, 2.75) is 13.8 Å². The molecular weight excluding hydrogens is 388 g/mol. The van der Waals surface area contributed by atoms with Crippen molar-refractivity contribution in [2.24, 2.45) is 5.10 Å². The highest BCUT2D eigenvalue weighted by molar-refractivity contribution is 5.92. The average molecular weight is 415 g/mol. The lowest BCUT2D eigenvalue weighted by atomic mass is 10.0. The molecule has 0 aliphatic carbocycles. The Morgan fingerprint density at radius 1 is 0.839 bits per heavy atom. The van der Waals surface area contributed by atoms with Gasteiger partial charge in [0.1, 0.15) is 0 Å². The molecule has 3 aromatic carbocycles. The molecule has 1 amide bonds. The molecule has 0 bridgehead atoms. The van der Waals surface area contributed by atoms with Gasteiger partial charge in [0.05, 0.1) is 19.4 Å². The van der Waals surface area contributed by atoms with Gasteiger partial charge in [-0.2, -0.15) is 5.10 Å². The Morgan fingerprint density at radius 2 is 1.48 bits per heavy atom.